The number of likely N-dealkylation sites (N-methyl/N-ethyl adjacent to an activating group) is 1. The lowest BCUT2D eigenvalue weighted by molar-refractivity contribution is 0.0601. The van der Waals surface area contributed by atoms with Crippen LogP contribution in [0.15, 0.2) is 48.8 Å². The standard InChI is InChI=1S/C24H27FN6O2/c1-16-15-33-21-7-6-17(25)13-18(21)24(32)30-11-4-3-5-20(30)19-14-22-27-9-8-23(31(22)28-19)29(2)12-10-26-16/h6-9,13-14,20,26H,1,3-5,10-12,15H2,2H3. The molecule has 0 saturated carbocycles. The van der Waals surface area contributed by atoms with Crippen molar-refractivity contribution in [3.05, 3.63) is 65.9 Å². The first-order valence-electron chi connectivity index (χ1n) is 11.2. The Bertz CT molecular complexity index is 1210. The number of amides is 1. The molecule has 4 heterocycles. The van der Waals surface area contributed by atoms with Gasteiger partial charge in [-0.3, -0.25) is 4.79 Å². The Hall–Kier alpha value is -3.62. The predicted molar refractivity (Wildman–Crippen MR) is 123 cm³/mol. The number of rotatable bonds is 0. The van der Waals surface area contributed by atoms with E-state index in [-0.39, 0.29) is 24.1 Å². The number of ether oxygens (including phenoxy) is 1. The van der Waals surface area contributed by atoms with Gasteiger partial charge >= 0.3 is 0 Å². The molecule has 2 aromatic heterocycles. The second kappa shape index (κ2) is 8.73. The highest BCUT2D eigenvalue weighted by atomic mass is 19.1. The predicted octanol–water partition coefficient (Wildman–Crippen LogP) is 3.17. The molecule has 33 heavy (non-hydrogen) atoms. The Labute approximate surface area is 191 Å². The molecule has 1 saturated heterocycles. The van der Waals surface area contributed by atoms with Crippen molar-refractivity contribution in [3.8, 4) is 5.75 Å². The molecule has 1 unspecified atom stereocenters. The molecule has 2 bridgehead atoms. The molecule has 9 heteroatoms. The number of nitrogens with one attached hydrogen (secondary N) is 1. The first-order chi connectivity index (χ1) is 16.0. The monoisotopic (exact) mass is 450 g/mol. The van der Waals surface area contributed by atoms with Crippen molar-refractivity contribution >= 4 is 17.4 Å². The molecular weight excluding hydrogens is 423 g/mol. The topological polar surface area (TPSA) is 75.0 Å². The summed E-state index contributed by atoms with van der Waals surface area (Å²) in [6, 6.07) is 7.71. The summed E-state index contributed by atoms with van der Waals surface area (Å²) in [5.74, 6) is 0.511. The molecule has 1 amide bonds. The minimum atomic E-state index is -0.477. The fourth-order valence-electron chi connectivity index (χ4n) is 4.52. The van der Waals surface area contributed by atoms with Crippen LogP contribution < -0.4 is 15.0 Å². The van der Waals surface area contributed by atoms with E-state index in [2.05, 4.69) is 21.8 Å². The van der Waals surface area contributed by atoms with Crippen LogP contribution in [-0.2, 0) is 0 Å². The van der Waals surface area contributed by atoms with E-state index < -0.39 is 5.82 Å². The van der Waals surface area contributed by atoms with Crippen LogP contribution in [0.1, 0.15) is 41.4 Å². The number of aromatic nitrogens is 3. The molecule has 0 spiro atoms. The van der Waals surface area contributed by atoms with Crippen molar-refractivity contribution in [2.45, 2.75) is 25.3 Å². The largest absolute Gasteiger partial charge is 0.487 e. The van der Waals surface area contributed by atoms with Gasteiger partial charge in [0.25, 0.3) is 5.91 Å². The minimum absolute atomic E-state index is 0.180. The van der Waals surface area contributed by atoms with Gasteiger partial charge in [0.05, 0.1) is 17.3 Å². The first kappa shape index (κ1) is 21.2. The average molecular weight is 451 g/mol. The van der Waals surface area contributed by atoms with Crippen molar-refractivity contribution in [1.29, 1.82) is 0 Å². The zero-order valence-electron chi connectivity index (χ0n) is 18.6. The number of benzene rings is 1. The molecule has 1 N–H and O–H groups in total. The molecule has 0 aliphatic carbocycles. The molecular formula is C24H27FN6O2. The van der Waals surface area contributed by atoms with E-state index in [1.54, 1.807) is 11.1 Å². The highest BCUT2D eigenvalue weighted by Gasteiger charge is 2.32. The summed E-state index contributed by atoms with van der Waals surface area (Å²) in [4.78, 5) is 22.0. The molecule has 3 aromatic rings. The smallest absolute Gasteiger partial charge is 0.258 e. The normalized spacial score (nSPS) is 19.8. The maximum Gasteiger partial charge on any atom is 0.258 e. The molecule has 1 atom stereocenters. The Morgan fingerprint density at radius 3 is 2.97 bits per heavy atom. The number of hydrogen-bond donors (Lipinski definition) is 1. The lowest BCUT2D eigenvalue weighted by Crippen LogP contribution is -2.39. The van der Waals surface area contributed by atoms with E-state index >= 15 is 0 Å². The molecule has 1 fully saturated rings. The molecule has 0 radical (unpaired) electrons. The molecule has 8 nitrogen and oxygen atoms in total. The molecule has 5 rings (SSSR count). The summed E-state index contributed by atoms with van der Waals surface area (Å²) in [6.45, 7) is 6.12. The molecule has 2 aliphatic rings. The molecule has 2 aliphatic heterocycles. The number of nitrogens with zero attached hydrogens (tertiary/aromatic N) is 5. The van der Waals surface area contributed by atoms with Gasteiger partial charge < -0.3 is 19.9 Å². The fraction of sp³-hybridized carbons (Fsp3) is 0.375. The first-order valence-corrected chi connectivity index (χ1v) is 11.2. The summed E-state index contributed by atoms with van der Waals surface area (Å²) < 4.78 is 21.9. The number of anilines is 1. The van der Waals surface area contributed by atoms with Crippen molar-refractivity contribution in [2.75, 3.05) is 38.2 Å². The van der Waals surface area contributed by atoms with E-state index in [0.717, 1.165) is 36.4 Å². The van der Waals surface area contributed by atoms with E-state index in [9.17, 15) is 9.18 Å². The van der Waals surface area contributed by atoms with E-state index in [1.807, 2.05) is 23.7 Å². The van der Waals surface area contributed by atoms with Gasteiger partial charge in [-0.2, -0.15) is 9.61 Å². The Kier molecular flexibility index (Phi) is 5.62. The second-order valence-corrected chi connectivity index (χ2v) is 8.53. The summed E-state index contributed by atoms with van der Waals surface area (Å²) in [7, 11) is 2.00. The zero-order valence-corrected chi connectivity index (χ0v) is 18.6. The Morgan fingerprint density at radius 1 is 1.21 bits per heavy atom. The summed E-state index contributed by atoms with van der Waals surface area (Å²) in [5, 5.41) is 8.11. The third-order valence-corrected chi connectivity index (χ3v) is 6.25. The number of carbonyl (C=O) groups is 1. The van der Waals surface area contributed by atoms with E-state index in [4.69, 9.17) is 9.84 Å². The minimum Gasteiger partial charge on any atom is -0.487 e. The maximum atomic E-state index is 14.2. The van der Waals surface area contributed by atoms with Crippen molar-refractivity contribution < 1.29 is 13.9 Å². The SMILES string of the molecule is C=C1COc2ccc(F)cc2C(=O)N2CCCCC2c2cc3nccc(n3n2)N(C)CCN1. The summed E-state index contributed by atoms with van der Waals surface area (Å²) in [6.07, 6.45) is 4.42. The highest BCUT2D eigenvalue weighted by Crippen LogP contribution is 2.34. The molecule has 172 valence electrons. The fourth-order valence-corrected chi connectivity index (χ4v) is 4.52. The molecule has 1 aromatic carbocycles. The average Bonchev–Trinajstić information content (AvgIpc) is 3.26. The summed E-state index contributed by atoms with van der Waals surface area (Å²) >= 11 is 0. The Morgan fingerprint density at radius 2 is 2.09 bits per heavy atom. The van der Waals surface area contributed by atoms with Crippen LogP contribution in [0.2, 0.25) is 0 Å². The number of hydrogen-bond acceptors (Lipinski definition) is 6. The third-order valence-electron chi connectivity index (χ3n) is 6.25. The van der Waals surface area contributed by atoms with Gasteiger partial charge in [-0.1, -0.05) is 6.58 Å². The second-order valence-electron chi connectivity index (χ2n) is 8.53. The van der Waals surface area contributed by atoms with Crippen molar-refractivity contribution in [3.63, 3.8) is 0 Å². The van der Waals surface area contributed by atoms with Gasteiger partial charge in [0.1, 0.15) is 24.0 Å². The van der Waals surface area contributed by atoms with Crippen LogP contribution >= 0.6 is 0 Å². The van der Waals surface area contributed by atoms with Gasteiger partial charge in [-0.05, 0) is 43.5 Å². The number of piperidine rings is 1. The van der Waals surface area contributed by atoms with E-state index in [1.165, 1.54) is 18.2 Å². The highest BCUT2D eigenvalue weighted by molar-refractivity contribution is 5.97. The summed E-state index contributed by atoms with van der Waals surface area (Å²) in [5.41, 5.74) is 2.40. The van der Waals surface area contributed by atoms with Gasteiger partial charge in [0.2, 0.25) is 0 Å². The van der Waals surface area contributed by atoms with Gasteiger partial charge in [-0.15, -0.1) is 0 Å². The number of carbonyl (C=O) groups excluding carboxylic acids is 1. The van der Waals surface area contributed by atoms with Crippen LogP contribution in [0, 0.1) is 5.82 Å². The number of halogens is 1. The van der Waals surface area contributed by atoms with Crippen LogP contribution in [0.3, 0.4) is 0 Å². The lowest BCUT2D eigenvalue weighted by atomic mass is 9.98. The van der Waals surface area contributed by atoms with Gasteiger partial charge in [-0.25, -0.2) is 9.37 Å². The quantitative estimate of drug-likeness (QED) is 0.567. The zero-order chi connectivity index (χ0) is 22.9. The van der Waals surface area contributed by atoms with Gasteiger partial charge in [0, 0.05) is 44.6 Å². The van der Waals surface area contributed by atoms with Crippen molar-refractivity contribution in [2.24, 2.45) is 0 Å². The van der Waals surface area contributed by atoms with Crippen molar-refractivity contribution in [1.82, 2.24) is 24.8 Å². The van der Waals surface area contributed by atoms with Crippen LogP contribution in [0.5, 0.6) is 5.75 Å². The number of fused-ring (bicyclic) bond motifs is 4. The van der Waals surface area contributed by atoms with Gasteiger partial charge in [0.15, 0.2) is 5.65 Å². The maximum absolute atomic E-state index is 14.2. The van der Waals surface area contributed by atoms with E-state index in [0.29, 0.717) is 31.1 Å². The Balaban J connectivity index is 1.62. The van der Waals surface area contributed by atoms with Crippen LogP contribution in [0.25, 0.3) is 5.65 Å². The lowest BCUT2D eigenvalue weighted by Gasteiger charge is -2.35. The van der Waals surface area contributed by atoms with Crippen LogP contribution in [0.4, 0.5) is 10.2 Å². The third kappa shape index (κ3) is 4.10. The van der Waals surface area contributed by atoms with Crippen LogP contribution in [-0.4, -0.2) is 58.7 Å².